The number of aromatic nitrogens is 2. The highest BCUT2D eigenvalue weighted by molar-refractivity contribution is 5.97. The molecule has 6 heteroatoms. The maximum Gasteiger partial charge on any atom is 0.289 e. The van der Waals surface area contributed by atoms with Crippen LogP contribution < -0.4 is 4.74 Å². The molecule has 25 heavy (non-hydrogen) atoms. The zero-order valence-electron chi connectivity index (χ0n) is 14.4. The predicted molar refractivity (Wildman–Crippen MR) is 93.9 cm³/mol. The van der Waals surface area contributed by atoms with Crippen molar-refractivity contribution in [3.63, 3.8) is 0 Å². The number of piperidine rings is 1. The molecule has 1 saturated heterocycles. The SMILES string of the molecule is COc1cccc2cc(C(=O)N3CCC(c4ccn(C)n4)CC3)oc12. The van der Waals surface area contributed by atoms with Crippen LogP contribution >= 0.6 is 0 Å². The third-order valence-corrected chi connectivity index (χ3v) is 4.87. The lowest BCUT2D eigenvalue weighted by atomic mass is 9.93. The number of para-hydroxylation sites is 1. The molecular formula is C19H21N3O3. The van der Waals surface area contributed by atoms with E-state index in [4.69, 9.17) is 9.15 Å². The highest BCUT2D eigenvalue weighted by Gasteiger charge is 2.27. The number of carbonyl (C=O) groups is 1. The van der Waals surface area contributed by atoms with Crippen molar-refractivity contribution in [2.24, 2.45) is 7.05 Å². The molecule has 2 aromatic heterocycles. The summed E-state index contributed by atoms with van der Waals surface area (Å²) < 4.78 is 12.9. The highest BCUT2D eigenvalue weighted by atomic mass is 16.5. The van der Waals surface area contributed by atoms with Gasteiger partial charge in [0, 0.05) is 37.6 Å². The molecule has 0 atom stereocenters. The largest absolute Gasteiger partial charge is 0.493 e. The number of nitrogens with zero attached hydrogens (tertiary/aromatic N) is 3. The van der Waals surface area contributed by atoms with Gasteiger partial charge in [-0.1, -0.05) is 12.1 Å². The summed E-state index contributed by atoms with van der Waals surface area (Å²) in [5, 5.41) is 5.37. The summed E-state index contributed by atoms with van der Waals surface area (Å²) in [6, 6.07) is 9.51. The molecule has 1 aromatic carbocycles. The summed E-state index contributed by atoms with van der Waals surface area (Å²) in [6.07, 6.45) is 3.81. The van der Waals surface area contributed by atoms with Crippen LogP contribution in [0.5, 0.6) is 5.75 Å². The molecule has 0 spiro atoms. The van der Waals surface area contributed by atoms with E-state index in [-0.39, 0.29) is 5.91 Å². The molecule has 0 bridgehead atoms. The number of aryl methyl sites for hydroxylation is 1. The van der Waals surface area contributed by atoms with E-state index in [2.05, 4.69) is 11.2 Å². The number of methoxy groups -OCH3 is 1. The molecule has 1 aliphatic heterocycles. The van der Waals surface area contributed by atoms with Crippen molar-refractivity contribution in [1.82, 2.24) is 14.7 Å². The van der Waals surface area contributed by atoms with Crippen LogP contribution in [0.2, 0.25) is 0 Å². The van der Waals surface area contributed by atoms with E-state index in [1.165, 1.54) is 0 Å². The number of ether oxygens (including phenoxy) is 1. The third-order valence-electron chi connectivity index (χ3n) is 4.87. The standard InChI is InChI=1S/C19H21N3O3/c1-21-9-8-15(20-21)13-6-10-22(11-7-13)19(23)17-12-14-4-3-5-16(24-2)18(14)25-17/h3-5,8-9,12-13H,6-7,10-11H2,1-2H3. The zero-order chi connectivity index (χ0) is 17.4. The van der Waals surface area contributed by atoms with Gasteiger partial charge in [-0.25, -0.2) is 0 Å². The molecule has 130 valence electrons. The smallest absolute Gasteiger partial charge is 0.289 e. The fraction of sp³-hybridized carbons (Fsp3) is 0.368. The monoisotopic (exact) mass is 339 g/mol. The summed E-state index contributed by atoms with van der Waals surface area (Å²) in [5.41, 5.74) is 1.74. The van der Waals surface area contributed by atoms with E-state index in [9.17, 15) is 4.79 Å². The number of carbonyl (C=O) groups excluding carboxylic acids is 1. The summed E-state index contributed by atoms with van der Waals surface area (Å²) >= 11 is 0. The summed E-state index contributed by atoms with van der Waals surface area (Å²) in [4.78, 5) is 14.7. The van der Waals surface area contributed by atoms with Gasteiger partial charge in [-0.2, -0.15) is 5.10 Å². The van der Waals surface area contributed by atoms with Gasteiger partial charge >= 0.3 is 0 Å². The van der Waals surface area contributed by atoms with Crippen molar-refractivity contribution in [3.8, 4) is 5.75 Å². The van der Waals surface area contributed by atoms with Crippen LogP contribution in [0.1, 0.15) is 35.0 Å². The maximum absolute atomic E-state index is 12.8. The Bertz CT molecular complexity index is 904. The number of furan rings is 1. The van der Waals surface area contributed by atoms with Gasteiger partial charge in [-0.3, -0.25) is 9.48 Å². The molecule has 1 fully saturated rings. The summed E-state index contributed by atoms with van der Waals surface area (Å²) in [6.45, 7) is 1.43. The first kappa shape index (κ1) is 15.7. The fourth-order valence-corrected chi connectivity index (χ4v) is 3.49. The topological polar surface area (TPSA) is 60.5 Å². The first-order chi connectivity index (χ1) is 12.2. The van der Waals surface area contributed by atoms with Gasteiger partial charge in [0.1, 0.15) is 0 Å². The van der Waals surface area contributed by atoms with Gasteiger partial charge in [0.25, 0.3) is 5.91 Å². The quantitative estimate of drug-likeness (QED) is 0.735. The number of benzene rings is 1. The molecule has 0 aliphatic carbocycles. The van der Waals surface area contributed by atoms with Gasteiger partial charge < -0.3 is 14.1 Å². The van der Waals surface area contributed by atoms with Crippen molar-refractivity contribution < 1.29 is 13.9 Å². The van der Waals surface area contributed by atoms with Gasteiger partial charge in [0.05, 0.1) is 12.8 Å². The fourth-order valence-electron chi connectivity index (χ4n) is 3.49. The molecule has 0 unspecified atom stereocenters. The third kappa shape index (κ3) is 2.88. The van der Waals surface area contributed by atoms with Crippen molar-refractivity contribution in [2.45, 2.75) is 18.8 Å². The van der Waals surface area contributed by atoms with Gasteiger partial charge in [0.2, 0.25) is 0 Å². The Balaban J connectivity index is 1.49. The van der Waals surface area contributed by atoms with Gasteiger partial charge in [0.15, 0.2) is 17.1 Å². The number of hydrogen-bond donors (Lipinski definition) is 0. The average Bonchev–Trinajstić information content (AvgIpc) is 3.27. The minimum Gasteiger partial charge on any atom is -0.493 e. The molecule has 1 amide bonds. The predicted octanol–water partition coefficient (Wildman–Crippen LogP) is 3.19. The van der Waals surface area contributed by atoms with Crippen LogP contribution in [0.25, 0.3) is 11.0 Å². The minimum atomic E-state index is -0.0577. The first-order valence-electron chi connectivity index (χ1n) is 8.51. The Kier molecular flexibility index (Phi) is 3.95. The first-order valence-corrected chi connectivity index (χ1v) is 8.51. The van der Waals surface area contributed by atoms with Crippen LogP contribution in [-0.4, -0.2) is 40.8 Å². The number of rotatable bonds is 3. The number of fused-ring (bicyclic) bond motifs is 1. The molecule has 1 aliphatic rings. The molecule has 0 saturated carbocycles. The van der Waals surface area contributed by atoms with Crippen molar-refractivity contribution in [3.05, 3.63) is 48.0 Å². The molecule has 3 heterocycles. The van der Waals surface area contributed by atoms with Crippen molar-refractivity contribution in [2.75, 3.05) is 20.2 Å². The Hall–Kier alpha value is -2.76. The Morgan fingerprint density at radius 3 is 2.76 bits per heavy atom. The number of amides is 1. The second kappa shape index (κ2) is 6.27. The van der Waals surface area contributed by atoms with E-state index in [0.717, 1.165) is 23.9 Å². The molecule has 3 aromatic rings. The number of hydrogen-bond acceptors (Lipinski definition) is 4. The summed E-state index contributed by atoms with van der Waals surface area (Å²) in [5.74, 6) is 1.37. The van der Waals surface area contributed by atoms with E-state index in [1.807, 2.05) is 41.0 Å². The second-order valence-electron chi connectivity index (χ2n) is 6.47. The van der Waals surface area contributed by atoms with Crippen LogP contribution in [0.4, 0.5) is 0 Å². The summed E-state index contributed by atoms with van der Waals surface area (Å²) in [7, 11) is 3.53. The molecule has 0 radical (unpaired) electrons. The molecule has 4 rings (SSSR count). The van der Waals surface area contributed by atoms with Crippen LogP contribution in [0.3, 0.4) is 0 Å². The van der Waals surface area contributed by atoms with Crippen molar-refractivity contribution >= 4 is 16.9 Å². The molecule has 0 N–H and O–H groups in total. The minimum absolute atomic E-state index is 0.0577. The maximum atomic E-state index is 12.8. The highest BCUT2D eigenvalue weighted by Crippen LogP contribution is 2.31. The Labute approximate surface area is 146 Å². The Morgan fingerprint density at radius 2 is 2.08 bits per heavy atom. The second-order valence-corrected chi connectivity index (χ2v) is 6.47. The molecular weight excluding hydrogens is 318 g/mol. The van der Waals surface area contributed by atoms with E-state index in [0.29, 0.717) is 36.1 Å². The van der Waals surface area contributed by atoms with Crippen LogP contribution in [0.15, 0.2) is 40.9 Å². The average molecular weight is 339 g/mol. The van der Waals surface area contributed by atoms with Gasteiger partial charge in [-0.05, 0) is 31.0 Å². The van der Waals surface area contributed by atoms with Crippen molar-refractivity contribution in [1.29, 1.82) is 0 Å². The van der Waals surface area contributed by atoms with E-state index >= 15 is 0 Å². The zero-order valence-corrected chi connectivity index (χ0v) is 14.4. The lowest BCUT2D eigenvalue weighted by molar-refractivity contribution is 0.0682. The lowest BCUT2D eigenvalue weighted by Crippen LogP contribution is -2.37. The Morgan fingerprint density at radius 1 is 1.28 bits per heavy atom. The van der Waals surface area contributed by atoms with Gasteiger partial charge in [-0.15, -0.1) is 0 Å². The van der Waals surface area contributed by atoms with Crippen LogP contribution in [-0.2, 0) is 7.05 Å². The van der Waals surface area contributed by atoms with E-state index in [1.54, 1.807) is 13.2 Å². The number of likely N-dealkylation sites (tertiary alicyclic amines) is 1. The normalized spacial score (nSPS) is 15.7. The molecule has 6 nitrogen and oxygen atoms in total. The van der Waals surface area contributed by atoms with E-state index < -0.39 is 0 Å². The van der Waals surface area contributed by atoms with Crippen LogP contribution in [0, 0.1) is 0 Å². The lowest BCUT2D eigenvalue weighted by Gasteiger charge is -2.30.